The number of ether oxygens (including phenoxy) is 1. The molecule has 0 spiro atoms. The molecule has 10 heteroatoms. The van der Waals surface area contributed by atoms with Gasteiger partial charge in [0.1, 0.15) is 4.21 Å². The Hall–Kier alpha value is -2.98. The summed E-state index contributed by atoms with van der Waals surface area (Å²) in [6.45, 7) is 0. The molecule has 2 N–H and O–H groups in total. The number of nitrogens with zero attached hydrogens (tertiary/aromatic N) is 2. The second-order valence-corrected chi connectivity index (χ2v) is 7.89. The van der Waals surface area contributed by atoms with Gasteiger partial charge in [0.15, 0.2) is 11.6 Å². The smallest absolute Gasteiger partial charge is 0.337 e. The number of hydrogen-bond donors (Lipinski definition) is 2. The lowest BCUT2D eigenvalue weighted by Gasteiger charge is -2.08. The highest BCUT2D eigenvalue weighted by Gasteiger charge is 2.16. The van der Waals surface area contributed by atoms with Gasteiger partial charge in [-0.25, -0.2) is 13.2 Å². The van der Waals surface area contributed by atoms with E-state index < -0.39 is 16.0 Å². The van der Waals surface area contributed by atoms with Gasteiger partial charge < -0.3 is 10.1 Å². The number of rotatable bonds is 6. The lowest BCUT2D eigenvalue weighted by atomic mass is 10.2. The average Bonchev–Trinajstić information content (AvgIpc) is 3.19. The molecule has 1 aromatic carbocycles. The van der Waals surface area contributed by atoms with Crippen LogP contribution in [0.2, 0.25) is 0 Å². The van der Waals surface area contributed by atoms with Gasteiger partial charge >= 0.3 is 5.97 Å². The minimum atomic E-state index is -3.66. The van der Waals surface area contributed by atoms with Crippen molar-refractivity contribution < 1.29 is 17.9 Å². The topological polar surface area (TPSA) is 110 Å². The van der Waals surface area contributed by atoms with Gasteiger partial charge in [-0.3, -0.25) is 4.72 Å². The van der Waals surface area contributed by atoms with Crippen molar-refractivity contribution in [3.05, 3.63) is 59.5 Å². The van der Waals surface area contributed by atoms with Crippen LogP contribution < -0.4 is 10.0 Å². The molecule has 26 heavy (non-hydrogen) atoms. The number of sulfonamides is 1. The van der Waals surface area contributed by atoms with Gasteiger partial charge in [-0.2, -0.15) is 0 Å². The molecule has 0 unspecified atom stereocenters. The van der Waals surface area contributed by atoms with Gasteiger partial charge in [0.05, 0.1) is 12.7 Å². The standard InChI is InChI=1S/C16H14N4O4S2/c1-24-16(21)11-4-6-12(7-5-11)17-13-8-9-14(19-18-13)20-26(22,23)15-3-2-10-25-15/h2-10H,1H3,(H,17,18)(H,19,20). The highest BCUT2D eigenvalue weighted by Crippen LogP contribution is 2.20. The number of nitrogens with one attached hydrogen (secondary N) is 2. The lowest BCUT2D eigenvalue weighted by Crippen LogP contribution is -2.13. The Balaban J connectivity index is 1.67. The van der Waals surface area contributed by atoms with E-state index in [1.165, 1.54) is 19.2 Å². The highest BCUT2D eigenvalue weighted by molar-refractivity contribution is 7.94. The van der Waals surface area contributed by atoms with Crippen molar-refractivity contribution >= 4 is 44.7 Å². The third kappa shape index (κ3) is 4.16. The summed E-state index contributed by atoms with van der Waals surface area (Å²) in [5.41, 5.74) is 1.13. The summed E-state index contributed by atoms with van der Waals surface area (Å²) >= 11 is 1.11. The van der Waals surface area contributed by atoms with Crippen LogP contribution in [0.5, 0.6) is 0 Å². The summed E-state index contributed by atoms with van der Waals surface area (Å²) < 4.78 is 31.5. The van der Waals surface area contributed by atoms with E-state index in [0.29, 0.717) is 17.1 Å². The number of thiophene rings is 1. The summed E-state index contributed by atoms with van der Waals surface area (Å²) in [6.07, 6.45) is 0. The number of methoxy groups -OCH3 is 1. The maximum Gasteiger partial charge on any atom is 0.337 e. The zero-order chi connectivity index (χ0) is 18.6. The Morgan fingerprint density at radius 1 is 1.04 bits per heavy atom. The van der Waals surface area contributed by atoms with Crippen molar-refractivity contribution in [3.63, 3.8) is 0 Å². The monoisotopic (exact) mass is 390 g/mol. The van der Waals surface area contributed by atoms with Crippen LogP contribution in [-0.2, 0) is 14.8 Å². The second-order valence-electron chi connectivity index (χ2n) is 5.04. The van der Waals surface area contributed by atoms with Crippen LogP contribution >= 0.6 is 11.3 Å². The molecule has 0 radical (unpaired) electrons. The van der Waals surface area contributed by atoms with E-state index in [4.69, 9.17) is 0 Å². The third-order valence-electron chi connectivity index (χ3n) is 3.24. The van der Waals surface area contributed by atoms with Crippen molar-refractivity contribution in [1.82, 2.24) is 10.2 Å². The van der Waals surface area contributed by atoms with Gasteiger partial charge in [0.25, 0.3) is 10.0 Å². The molecule has 2 heterocycles. The van der Waals surface area contributed by atoms with Crippen molar-refractivity contribution in [3.8, 4) is 0 Å². The van der Waals surface area contributed by atoms with Gasteiger partial charge in [-0.1, -0.05) is 6.07 Å². The number of carbonyl (C=O) groups excluding carboxylic acids is 1. The van der Waals surface area contributed by atoms with E-state index in [9.17, 15) is 13.2 Å². The Morgan fingerprint density at radius 3 is 2.31 bits per heavy atom. The molecule has 0 atom stereocenters. The summed E-state index contributed by atoms with van der Waals surface area (Å²) in [5, 5.41) is 12.5. The molecular formula is C16H14N4O4S2. The number of aromatic nitrogens is 2. The maximum atomic E-state index is 12.1. The molecular weight excluding hydrogens is 376 g/mol. The first-order valence-corrected chi connectivity index (χ1v) is 9.70. The van der Waals surface area contributed by atoms with E-state index in [-0.39, 0.29) is 10.0 Å². The van der Waals surface area contributed by atoms with Gasteiger partial charge in [0, 0.05) is 5.69 Å². The van der Waals surface area contributed by atoms with Crippen LogP contribution in [0.1, 0.15) is 10.4 Å². The molecule has 3 aromatic rings. The molecule has 0 aliphatic heterocycles. The fourth-order valence-electron chi connectivity index (χ4n) is 2.01. The van der Waals surface area contributed by atoms with E-state index in [0.717, 1.165) is 11.3 Å². The number of carbonyl (C=O) groups is 1. The highest BCUT2D eigenvalue weighted by atomic mass is 32.2. The molecule has 0 fully saturated rings. The zero-order valence-electron chi connectivity index (χ0n) is 13.5. The van der Waals surface area contributed by atoms with E-state index in [1.807, 2.05) is 0 Å². The van der Waals surface area contributed by atoms with Crippen LogP contribution in [0.3, 0.4) is 0 Å². The van der Waals surface area contributed by atoms with Crippen LogP contribution in [0.4, 0.5) is 17.3 Å². The largest absolute Gasteiger partial charge is 0.465 e. The summed E-state index contributed by atoms with van der Waals surface area (Å²) in [7, 11) is -2.34. The minimum absolute atomic E-state index is 0.116. The van der Waals surface area contributed by atoms with Crippen molar-refractivity contribution in [2.75, 3.05) is 17.1 Å². The van der Waals surface area contributed by atoms with Gasteiger partial charge in [-0.15, -0.1) is 21.5 Å². The molecule has 8 nitrogen and oxygen atoms in total. The van der Waals surface area contributed by atoms with E-state index in [1.54, 1.807) is 41.8 Å². The fraction of sp³-hybridized carbons (Fsp3) is 0.0625. The predicted molar refractivity (Wildman–Crippen MR) is 98.2 cm³/mol. The molecule has 0 saturated carbocycles. The number of esters is 1. The Bertz CT molecular complexity index is 986. The molecule has 0 amide bonds. The first kappa shape index (κ1) is 17.8. The average molecular weight is 390 g/mol. The molecule has 2 aromatic heterocycles. The van der Waals surface area contributed by atoms with Crippen molar-refractivity contribution in [2.24, 2.45) is 0 Å². The normalized spacial score (nSPS) is 11.0. The summed E-state index contributed by atoms with van der Waals surface area (Å²) in [6, 6.07) is 12.9. The lowest BCUT2D eigenvalue weighted by molar-refractivity contribution is 0.0601. The van der Waals surface area contributed by atoms with Crippen LogP contribution in [0.15, 0.2) is 58.1 Å². The van der Waals surface area contributed by atoms with Crippen molar-refractivity contribution in [1.29, 1.82) is 0 Å². The molecule has 0 aliphatic carbocycles. The Morgan fingerprint density at radius 2 is 1.73 bits per heavy atom. The maximum absolute atomic E-state index is 12.1. The van der Waals surface area contributed by atoms with Gasteiger partial charge in [-0.05, 0) is 47.8 Å². The minimum Gasteiger partial charge on any atom is -0.465 e. The second kappa shape index (κ2) is 7.50. The van der Waals surface area contributed by atoms with Crippen LogP contribution in [0.25, 0.3) is 0 Å². The SMILES string of the molecule is COC(=O)c1ccc(Nc2ccc(NS(=O)(=O)c3cccs3)nn2)cc1. The number of hydrogen-bond acceptors (Lipinski definition) is 8. The summed E-state index contributed by atoms with van der Waals surface area (Å²) in [4.78, 5) is 11.4. The summed E-state index contributed by atoms with van der Waals surface area (Å²) in [5.74, 6) is 0.124. The first-order chi connectivity index (χ1) is 12.5. The van der Waals surface area contributed by atoms with Gasteiger partial charge in [0.2, 0.25) is 0 Å². The Kier molecular flexibility index (Phi) is 5.14. The number of benzene rings is 1. The fourth-order valence-corrected chi connectivity index (χ4v) is 4.00. The molecule has 134 valence electrons. The van der Waals surface area contributed by atoms with Crippen molar-refractivity contribution in [2.45, 2.75) is 4.21 Å². The molecule has 0 saturated heterocycles. The zero-order valence-corrected chi connectivity index (χ0v) is 15.2. The quantitative estimate of drug-likeness (QED) is 0.623. The van der Waals surface area contributed by atoms with E-state index >= 15 is 0 Å². The molecule has 0 aliphatic rings. The number of anilines is 3. The van der Waals surface area contributed by atoms with Crippen LogP contribution in [-0.4, -0.2) is 31.7 Å². The van der Waals surface area contributed by atoms with Crippen LogP contribution in [0, 0.1) is 0 Å². The Labute approximate surface area is 153 Å². The molecule has 3 rings (SSSR count). The third-order valence-corrected chi connectivity index (χ3v) is 5.99. The molecule has 0 bridgehead atoms. The first-order valence-electron chi connectivity index (χ1n) is 7.33. The predicted octanol–water partition coefficient (Wildman–Crippen LogP) is 2.87. The van der Waals surface area contributed by atoms with E-state index in [2.05, 4.69) is 25.0 Å².